The summed E-state index contributed by atoms with van der Waals surface area (Å²) in [6.45, 7) is 6.21. The predicted octanol–water partition coefficient (Wildman–Crippen LogP) is 2.28. The number of halogens is 2. The first-order valence-electron chi connectivity index (χ1n) is 11.0. The number of nitrogens with zero attached hydrogens (tertiary/aromatic N) is 3. The van der Waals surface area contributed by atoms with Crippen molar-refractivity contribution in [3.63, 3.8) is 0 Å². The number of aliphatic imine (C=N–C) groups is 1. The van der Waals surface area contributed by atoms with Crippen LogP contribution in [0.5, 0.6) is 0 Å². The van der Waals surface area contributed by atoms with Crippen LogP contribution in [0.2, 0.25) is 5.02 Å². The molecule has 2 fully saturated rings. The van der Waals surface area contributed by atoms with E-state index in [2.05, 4.69) is 37.6 Å². The molecule has 0 aliphatic carbocycles. The molecule has 9 heteroatoms. The third kappa shape index (κ3) is 8.75. The van der Waals surface area contributed by atoms with Gasteiger partial charge in [-0.05, 0) is 56.3 Å². The highest BCUT2D eigenvalue weighted by molar-refractivity contribution is 14.0. The van der Waals surface area contributed by atoms with E-state index in [1.54, 1.807) is 0 Å². The van der Waals surface area contributed by atoms with Crippen LogP contribution in [0, 0.1) is 5.92 Å². The summed E-state index contributed by atoms with van der Waals surface area (Å²) in [6, 6.07) is 8.50. The van der Waals surface area contributed by atoms with Gasteiger partial charge < -0.3 is 16.4 Å². The minimum atomic E-state index is -0.253. The molecule has 0 saturated carbocycles. The van der Waals surface area contributed by atoms with Gasteiger partial charge in [-0.15, -0.1) is 24.0 Å². The number of rotatable bonds is 7. The maximum Gasteiger partial charge on any atom is 0.231 e. The smallest absolute Gasteiger partial charge is 0.231 e. The van der Waals surface area contributed by atoms with Crippen LogP contribution in [0.1, 0.15) is 31.2 Å². The average Bonchev–Trinajstić information content (AvgIpc) is 2.74. The largest absolute Gasteiger partial charge is 0.369 e. The number of amides is 1. The second-order valence-corrected chi connectivity index (χ2v) is 8.83. The summed E-state index contributed by atoms with van der Waals surface area (Å²) in [5.74, 6) is 1.28. The Bertz CT molecular complexity index is 718. The number of carbonyl (C=O) groups excluding carboxylic acids is 1. The number of primary amides is 1. The molecule has 31 heavy (non-hydrogen) atoms. The van der Waals surface area contributed by atoms with Gasteiger partial charge in [0.05, 0.1) is 6.54 Å². The molecule has 4 N–H and O–H groups in total. The molecule has 2 heterocycles. The Labute approximate surface area is 208 Å². The number of carbonyl (C=O) groups is 1. The predicted molar refractivity (Wildman–Crippen MR) is 138 cm³/mol. The zero-order valence-electron chi connectivity index (χ0n) is 18.4. The van der Waals surface area contributed by atoms with E-state index in [0.29, 0.717) is 18.5 Å². The van der Waals surface area contributed by atoms with E-state index in [-0.39, 0.29) is 29.9 Å². The van der Waals surface area contributed by atoms with Gasteiger partial charge in [-0.2, -0.15) is 0 Å². The first-order valence-corrected chi connectivity index (χ1v) is 11.3. The lowest BCUT2D eigenvalue weighted by atomic mass is 9.96. The molecule has 1 aromatic carbocycles. The monoisotopic (exact) mass is 562 g/mol. The highest BCUT2D eigenvalue weighted by Gasteiger charge is 2.22. The summed E-state index contributed by atoms with van der Waals surface area (Å²) >= 11 is 6.30. The average molecular weight is 563 g/mol. The van der Waals surface area contributed by atoms with Gasteiger partial charge in [0.1, 0.15) is 0 Å². The van der Waals surface area contributed by atoms with Crippen LogP contribution in [0.15, 0.2) is 29.3 Å². The lowest BCUT2D eigenvalue weighted by molar-refractivity contribution is -0.119. The minimum absolute atomic E-state index is 0. The first-order chi connectivity index (χ1) is 14.5. The Hall–Kier alpha value is -1.10. The Morgan fingerprint density at radius 1 is 1.13 bits per heavy atom. The number of hydrogen-bond donors (Lipinski definition) is 3. The standard InChI is InChI=1S/C22H35ClN6O.HI/c1-25-22(27-19-8-12-29(13-9-19)16-21(24)30)26-14-17-6-10-28(11-7-17)15-18-4-2-3-5-20(18)23;/h2-5,17,19H,6-16H2,1H3,(H2,24,30)(H2,25,26,27);1H. The molecule has 2 saturated heterocycles. The SMILES string of the molecule is CN=C(NCC1CCN(Cc2ccccc2Cl)CC1)NC1CCN(CC(N)=O)CC1.I. The minimum Gasteiger partial charge on any atom is -0.369 e. The quantitative estimate of drug-likeness (QED) is 0.270. The summed E-state index contributed by atoms with van der Waals surface area (Å²) in [7, 11) is 1.82. The van der Waals surface area contributed by atoms with Gasteiger partial charge in [-0.3, -0.25) is 19.6 Å². The van der Waals surface area contributed by atoms with Gasteiger partial charge in [-0.25, -0.2) is 0 Å². The maximum atomic E-state index is 11.1. The highest BCUT2D eigenvalue weighted by atomic mass is 127. The molecule has 0 unspecified atom stereocenters. The fraction of sp³-hybridized carbons (Fsp3) is 0.636. The number of nitrogens with one attached hydrogen (secondary N) is 2. The van der Waals surface area contributed by atoms with E-state index in [9.17, 15) is 4.79 Å². The van der Waals surface area contributed by atoms with Crippen molar-refractivity contribution in [3.8, 4) is 0 Å². The van der Waals surface area contributed by atoms with Crippen LogP contribution in [0.3, 0.4) is 0 Å². The molecule has 3 rings (SSSR count). The zero-order chi connectivity index (χ0) is 21.3. The second-order valence-electron chi connectivity index (χ2n) is 8.43. The summed E-state index contributed by atoms with van der Waals surface area (Å²) in [5.41, 5.74) is 6.50. The Balaban J connectivity index is 0.00000341. The number of piperidine rings is 2. The Kier molecular flexibility index (Phi) is 11.3. The van der Waals surface area contributed by atoms with E-state index < -0.39 is 0 Å². The molecule has 2 aliphatic heterocycles. The fourth-order valence-corrected chi connectivity index (χ4v) is 4.50. The maximum absolute atomic E-state index is 11.1. The Morgan fingerprint density at radius 3 is 2.39 bits per heavy atom. The van der Waals surface area contributed by atoms with Crippen LogP contribution in [0.25, 0.3) is 0 Å². The molecular formula is C22H36ClIN6O. The molecular weight excluding hydrogens is 527 g/mol. The number of hydrogen-bond acceptors (Lipinski definition) is 4. The van der Waals surface area contributed by atoms with E-state index >= 15 is 0 Å². The van der Waals surface area contributed by atoms with Crippen molar-refractivity contribution in [2.24, 2.45) is 16.6 Å². The van der Waals surface area contributed by atoms with Gasteiger partial charge in [-0.1, -0.05) is 29.8 Å². The molecule has 2 aliphatic rings. The van der Waals surface area contributed by atoms with E-state index in [1.807, 2.05) is 19.2 Å². The lowest BCUT2D eigenvalue weighted by Gasteiger charge is -2.34. The van der Waals surface area contributed by atoms with Crippen molar-refractivity contribution < 1.29 is 4.79 Å². The van der Waals surface area contributed by atoms with E-state index in [0.717, 1.165) is 63.1 Å². The molecule has 1 aromatic rings. The summed E-state index contributed by atoms with van der Waals surface area (Å²) in [4.78, 5) is 20.1. The van der Waals surface area contributed by atoms with Gasteiger partial charge in [0.2, 0.25) is 5.91 Å². The molecule has 0 radical (unpaired) electrons. The number of nitrogens with two attached hydrogens (primary N) is 1. The van der Waals surface area contributed by atoms with Crippen molar-refractivity contribution in [1.29, 1.82) is 0 Å². The van der Waals surface area contributed by atoms with Crippen molar-refractivity contribution in [1.82, 2.24) is 20.4 Å². The number of benzene rings is 1. The van der Waals surface area contributed by atoms with Gasteiger partial charge in [0.25, 0.3) is 0 Å². The van der Waals surface area contributed by atoms with Crippen LogP contribution >= 0.6 is 35.6 Å². The van der Waals surface area contributed by atoms with Crippen LogP contribution in [0.4, 0.5) is 0 Å². The molecule has 0 bridgehead atoms. The molecule has 7 nitrogen and oxygen atoms in total. The zero-order valence-corrected chi connectivity index (χ0v) is 21.4. The van der Waals surface area contributed by atoms with Crippen LogP contribution < -0.4 is 16.4 Å². The molecule has 174 valence electrons. The number of likely N-dealkylation sites (tertiary alicyclic amines) is 2. The number of guanidine groups is 1. The highest BCUT2D eigenvalue weighted by Crippen LogP contribution is 2.22. The van der Waals surface area contributed by atoms with E-state index in [4.69, 9.17) is 17.3 Å². The third-order valence-electron chi connectivity index (χ3n) is 6.15. The van der Waals surface area contributed by atoms with Crippen LogP contribution in [-0.4, -0.2) is 74.0 Å². The van der Waals surface area contributed by atoms with Gasteiger partial charge in [0.15, 0.2) is 5.96 Å². The molecule has 0 atom stereocenters. The molecule has 1 amide bonds. The topological polar surface area (TPSA) is 86.0 Å². The summed E-state index contributed by atoms with van der Waals surface area (Å²) < 4.78 is 0. The van der Waals surface area contributed by atoms with Crippen LogP contribution in [-0.2, 0) is 11.3 Å². The van der Waals surface area contributed by atoms with Crippen molar-refractivity contribution >= 4 is 47.4 Å². The van der Waals surface area contributed by atoms with Crippen molar-refractivity contribution in [2.45, 2.75) is 38.3 Å². The Morgan fingerprint density at radius 2 is 1.77 bits per heavy atom. The van der Waals surface area contributed by atoms with Gasteiger partial charge in [0, 0.05) is 44.3 Å². The summed E-state index contributed by atoms with van der Waals surface area (Å²) in [5, 5.41) is 7.91. The first kappa shape index (κ1) is 26.2. The second kappa shape index (κ2) is 13.4. The third-order valence-corrected chi connectivity index (χ3v) is 6.52. The lowest BCUT2D eigenvalue weighted by Crippen LogP contribution is -2.50. The fourth-order valence-electron chi connectivity index (χ4n) is 4.30. The molecule has 0 spiro atoms. The molecule has 0 aromatic heterocycles. The normalized spacial score (nSPS) is 19.6. The van der Waals surface area contributed by atoms with Gasteiger partial charge >= 0.3 is 0 Å². The van der Waals surface area contributed by atoms with E-state index in [1.165, 1.54) is 18.4 Å². The van der Waals surface area contributed by atoms with Crippen molar-refractivity contribution in [3.05, 3.63) is 34.9 Å². The van der Waals surface area contributed by atoms with Crippen molar-refractivity contribution in [2.75, 3.05) is 46.3 Å². The summed E-state index contributed by atoms with van der Waals surface area (Å²) in [6.07, 6.45) is 4.35.